The summed E-state index contributed by atoms with van der Waals surface area (Å²) in [6, 6.07) is 7.23. The van der Waals surface area contributed by atoms with Crippen molar-refractivity contribution < 1.29 is 14.7 Å². The molecule has 0 amide bonds. The zero-order chi connectivity index (χ0) is 17.1. The van der Waals surface area contributed by atoms with Crippen LogP contribution in [-0.4, -0.2) is 53.2 Å². The second-order valence-electron chi connectivity index (χ2n) is 5.64. The van der Waals surface area contributed by atoms with Gasteiger partial charge in [-0.2, -0.15) is 5.10 Å². The molecule has 0 bridgehead atoms. The van der Waals surface area contributed by atoms with Gasteiger partial charge in [0.2, 0.25) is 0 Å². The van der Waals surface area contributed by atoms with Crippen molar-refractivity contribution in [1.82, 2.24) is 15.5 Å². The number of carbonyl (C=O) groups is 2. The molecule has 2 N–H and O–H groups in total. The number of carboxylic acids is 1. The third-order valence-corrected chi connectivity index (χ3v) is 4.09. The highest BCUT2D eigenvalue weighted by Crippen LogP contribution is 2.27. The Labute approximate surface area is 139 Å². The topological polar surface area (TPSA) is 95.4 Å². The fraction of sp³-hybridized carbons (Fsp3) is 0.294. The van der Waals surface area contributed by atoms with Crippen molar-refractivity contribution in [3.8, 4) is 0 Å². The van der Waals surface area contributed by atoms with E-state index in [9.17, 15) is 14.7 Å². The first-order chi connectivity index (χ1) is 11.6. The number of aromatic nitrogens is 2. The van der Waals surface area contributed by atoms with Gasteiger partial charge in [0.25, 0.3) is 0 Å². The first-order valence-electron chi connectivity index (χ1n) is 7.74. The quantitative estimate of drug-likeness (QED) is 0.813. The molecule has 0 aliphatic carbocycles. The average molecular weight is 326 g/mol. The van der Waals surface area contributed by atoms with Crippen molar-refractivity contribution in [3.05, 3.63) is 52.8 Å². The van der Waals surface area contributed by atoms with Gasteiger partial charge in [-0.25, -0.2) is 4.79 Å². The summed E-state index contributed by atoms with van der Waals surface area (Å²) in [5.41, 5.74) is 1.82. The number of aromatic carboxylic acids is 1. The number of hydrogen-bond acceptors (Lipinski definition) is 6. The molecule has 0 saturated carbocycles. The van der Waals surface area contributed by atoms with Gasteiger partial charge in [0.05, 0.1) is 17.4 Å². The third-order valence-electron chi connectivity index (χ3n) is 4.09. The summed E-state index contributed by atoms with van der Waals surface area (Å²) in [6.45, 7) is 4.52. The minimum Gasteiger partial charge on any atom is -0.476 e. The summed E-state index contributed by atoms with van der Waals surface area (Å²) in [5, 5.41) is 20.2. The highest BCUT2D eigenvalue weighted by molar-refractivity contribution is 6.14. The zero-order valence-electron chi connectivity index (χ0n) is 13.3. The molecular weight excluding hydrogens is 308 g/mol. The zero-order valence-corrected chi connectivity index (χ0v) is 13.3. The van der Waals surface area contributed by atoms with Crippen LogP contribution in [0.15, 0.2) is 30.5 Å². The van der Waals surface area contributed by atoms with Gasteiger partial charge in [0.1, 0.15) is 0 Å². The molecule has 24 heavy (non-hydrogen) atoms. The van der Waals surface area contributed by atoms with Crippen molar-refractivity contribution in [1.29, 1.82) is 0 Å². The minimum atomic E-state index is -1.18. The molecule has 0 spiro atoms. The van der Waals surface area contributed by atoms with E-state index < -0.39 is 5.97 Å². The number of nitrogens with zero attached hydrogens (tertiary/aromatic N) is 3. The number of anilines is 1. The lowest BCUT2D eigenvalue weighted by Crippen LogP contribution is -2.45. The molecule has 1 fully saturated rings. The molecule has 0 radical (unpaired) electrons. The molecule has 3 rings (SSSR count). The summed E-state index contributed by atoms with van der Waals surface area (Å²) in [7, 11) is 0. The average Bonchev–Trinajstić information content (AvgIpc) is 2.61. The van der Waals surface area contributed by atoms with Crippen LogP contribution in [0.1, 0.15) is 32.0 Å². The standard InChI is InChI=1S/C17H18N4O3/c1-11-4-2-3-5-12(11)16(22)13-10-19-20-14(17(23)24)15(13)21-8-6-18-7-9-21/h2-5,10,18H,6-9H2,1H3,(H,23,24). The molecule has 1 saturated heterocycles. The lowest BCUT2D eigenvalue weighted by atomic mass is 9.98. The normalized spacial score (nSPS) is 14.5. The van der Waals surface area contributed by atoms with E-state index in [2.05, 4.69) is 15.5 Å². The Morgan fingerprint density at radius 2 is 1.88 bits per heavy atom. The summed E-state index contributed by atoms with van der Waals surface area (Å²) in [4.78, 5) is 26.5. The van der Waals surface area contributed by atoms with E-state index in [0.717, 1.165) is 18.7 Å². The van der Waals surface area contributed by atoms with Gasteiger partial charge in [0.15, 0.2) is 11.5 Å². The first-order valence-corrected chi connectivity index (χ1v) is 7.74. The van der Waals surface area contributed by atoms with Crippen molar-refractivity contribution in [2.45, 2.75) is 6.92 Å². The number of carbonyl (C=O) groups excluding carboxylic acids is 1. The number of rotatable bonds is 4. The van der Waals surface area contributed by atoms with Gasteiger partial charge in [-0.15, -0.1) is 5.10 Å². The minimum absolute atomic E-state index is 0.184. The molecular formula is C17H18N4O3. The number of hydrogen-bond donors (Lipinski definition) is 2. The van der Waals surface area contributed by atoms with Gasteiger partial charge in [0, 0.05) is 31.7 Å². The molecule has 2 aromatic rings. The third kappa shape index (κ3) is 2.98. The van der Waals surface area contributed by atoms with Gasteiger partial charge < -0.3 is 15.3 Å². The number of ketones is 1. The fourth-order valence-corrected chi connectivity index (χ4v) is 2.87. The van der Waals surface area contributed by atoms with Gasteiger partial charge in [-0.05, 0) is 12.5 Å². The van der Waals surface area contributed by atoms with Gasteiger partial charge >= 0.3 is 5.97 Å². The maximum Gasteiger partial charge on any atom is 0.358 e. The summed E-state index contributed by atoms with van der Waals surface area (Å²) >= 11 is 0. The Bertz CT molecular complexity index is 785. The van der Waals surface area contributed by atoms with Crippen molar-refractivity contribution >= 4 is 17.4 Å². The smallest absolute Gasteiger partial charge is 0.358 e. The number of benzene rings is 1. The summed E-state index contributed by atoms with van der Waals surface area (Å²) in [6.07, 6.45) is 1.36. The molecule has 1 aliphatic rings. The Morgan fingerprint density at radius 1 is 1.17 bits per heavy atom. The summed E-state index contributed by atoms with van der Waals surface area (Å²) < 4.78 is 0. The Morgan fingerprint density at radius 3 is 2.54 bits per heavy atom. The van der Waals surface area contributed by atoms with E-state index in [1.807, 2.05) is 24.0 Å². The van der Waals surface area contributed by atoms with Crippen LogP contribution >= 0.6 is 0 Å². The van der Waals surface area contributed by atoms with E-state index in [0.29, 0.717) is 24.3 Å². The second-order valence-corrected chi connectivity index (χ2v) is 5.64. The molecule has 7 heteroatoms. The molecule has 0 atom stereocenters. The maximum absolute atomic E-state index is 13.0. The van der Waals surface area contributed by atoms with Crippen LogP contribution in [0.2, 0.25) is 0 Å². The van der Waals surface area contributed by atoms with E-state index in [1.165, 1.54) is 6.20 Å². The second kappa shape index (κ2) is 6.76. The predicted molar refractivity (Wildman–Crippen MR) is 88.7 cm³/mol. The Hall–Kier alpha value is -2.80. The van der Waals surface area contributed by atoms with Crippen molar-refractivity contribution in [2.24, 2.45) is 0 Å². The SMILES string of the molecule is Cc1ccccc1C(=O)c1cnnc(C(=O)O)c1N1CCNCC1. The molecule has 1 aromatic heterocycles. The first kappa shape index (κ1) is 16.1. The van der Waals surface area contributed by atoms with E-state index in [4.69, 9.17) is 0 Å². The number of nitrogens with one attached hydrogen (secondary N) is 1. The molecule has 124 valence electrons. The molecule has 2 heterocycles. The predicted octanol–water partition coefficient (Wildman–Crippen LogP) is 1.12. The van der Waals surface area contributed by atoms with Crippen LogP contribution < -0.4 is 10.2 Å². The van der Waals surface area contributed by atoms with Crippen LogP contribution in [0.5, 0.6) is 0 Å². The molecule has 1 aliphatic heterocycles. The lowest BCUT2D eigenvalue weighted by molar-refractivity contribution is 0.0690. The highest BCUT2D eigenvalue weighted by atomic mass is 16.4. The van der Waals surface area contributed by atoms with Crippen LogP contribution in [0.4, 0.5) is 5.69 Å². The van der Waals surface area contributed by atoms with Crippen molar-refractivity contribution in [3.63, 3.8) is 0 Å². The fourth-order valence-electron chi connectivity index (χ4n) is 2.87. The highest BCUT2D eigenvalue weighted by Gasteiger charge is 2.27. The molecule has 7 nitrogen and oxygen atoms in total. The van der Waals surface area contributed by atoms with Gasteiger partial charge in [-0.3, -0.25) is 4.79 Å². The van der Waals surface area contributed by atoms with Crippen molar-refractivity contribution in [2.75, 3.05) is 31.1 Å². The number of aryl methyl sites for hydroxylation is 1. The number of carboxylic acid groups (broad SMARTS) is 1. The maximum atomic E-state index is 13.0. The van der Waals surface area contributed by atoms with Crippen LogP contribution in [0.3, 0.4) is 0 Å². The Balaban J connectivity index is 2.13. The van der Waals surface area contributed by atoms with Crippen LogP contribution in [0, 0.1) is 6.92 Å². The van der Waals surface area contributed by atoms with E-state index in [-0.39, 0.29) is 17.0 Å². The number of piperazine rings is 1. The largest absolute Gasteiger partial charge is 0.476 e. The molecule has 0 unspecified atom stereocenters. The van der Waals surface area contributed by atoms with Crippen LogP contribution in [-0.2, 0) is 0 Å². The van der Waals surface area contributed by atoms with Gasteiger partial charge in [-0.1, -0.05) is 24.3 Å². The lowest BCUT2D eigenvalue weighted by Gasteiger charge is -2.31. The monoisotopic (exact) mass is 326 g/mol. The molecule has 1 aromatic carbocycles. The van der Waals surface area contributed by atoms with E-state index >= 15 is 0 Å². The Kier molecular flexibility index (Phi) is 4.52. The van der Waals surface area contributed by atoms with Crippen LogP contribution in [0.25, 0.3) is 0 Å². The van der Waals surface area contributed by atoms with E-state index in [1.54, 1.807) is 12.1 Å². The summed E-state index contributed by atoms with van der Waals surface area (Å²) in [5.74, 6) is -1.42.